The molecule has 1 saturated heterocycles. The highest BCUT2D eigenvalue weighted by Gasteiger charge is 2.24. The van der Waals surface area contributed by atoms with Gasteiger partial charge in [-0.3, -0.25) is 0 Å². The molecule has 0 bridgehead atoms. The lowest BCUT2D eigenvalue weighted by molar-refractivity contribution is 0.265. The second-order valence-electron chi connectivity index (χ2n) is 5.48. The molecule has 1 aromatic rings. The summed E-state index contributed by atoms with van der Waals surface area (Å²) >= 11 is 5.39. The number of nitrogens with one attached hydrogen (secondary N) is 1. The molecule has 0 amide bonds. The van der Waals surface area contributed by atoms with Crippen LogP contribution in [0, 0.1) is 0 Å². The van der Waals surface area contributed by atoms with E-state index >= 15 is 0 Å². The van der Waals surface area contributed by atoms with Crippen molar-refractivity contribution in [3.8, 4) is 5.75 Å². The molecule has 8 heteroatoms. The summed E-state index contributed by atoms with van der Waals surface area (Å²) in [5.74, 6) is 0.848. The van der Waals surface area contributed by atoms with Gasteiger partial charge in [0.05, 0.1) is 13.4 Å². The van der Waals surface area contributed by atoms with Crippen LogP contribution in [0.15, 0.2) is 24.3 Å². The Morgan fingerprint density at radius 2 is 1.83 bits per heavy atom. The van der Waals surface area contributed by atoms with E-state index in [1.807, 2.05) is 29.2 Å². The van der Waals surface area contributed by atoms with Crippen LogP contribution < -0.4 is 10.1 Å². The number of ether oxygens (including phenoxy) is 1. The fourth-order valence-corrected chi connectivity index (χ4v) is 3.55. The molecule has 0 spiro atoms. The SMILES string of the molecule is COc1ccc(CCNC(=S)N2CCN(S(C)(=O)=O)CC2)cc1. The minimum absolute atomic E-state index is 0.485. The first-order valence-electron chi connectivity index (χ1n) is 7.51. The molecule has 1 aliphatic heterocycles. The van der Waals surface area contributed by atoms with Gasteiger partial charge in [-0.05, 0) is 36.3 Å². The second-order valence-corrected chi connectivity index (χ2v) is 7.85. The first-order chi connectivity index (χ1) is 10.9. The third kappa shape index (κ3) is 5.33. The van der Waals surface area contributed by atoms with Crippen LogP contribution in [0.2, 0.25) is 0 Å². The highest BCUT2D eigenvalue weighted by atomic mass is 32.2. The predicted molar refractivity (Wildman–Crippen MR) is 95.3 cm³/mol. The number of benzene rings is 1. The molecular weight excluding hydrogens is 334 g/mol. The number of piperazine rings is 1. The lowest BCUT2D eigenvalue weighted by Gasteiger charge is -2.34. The Balaban J connectivity index is 1.73. The van der Waals surface area contributed by atoms with Crippen LogP contribution in [0.4, 0.5) is 0 Å². The van der Waals surface area contributed by atoms with E-state index < -0.39 is 10.0 Å². The zero-order valence-electron chi connectivity index (χ0n) is 13.5. The van der Waals surface area contributed by atoms with Gasteiger partial charge < -0.3 is 15.0 Å². The van der Waals surface area contributed by atoms with Crippen LogP contribution >= 0.6 is 12.2 Å². The lowest BCUT2D eigenvalue weighted by atomic mass is 10.1. The molecule has 23 heavy (non-hydrogen) atoms. The fraction of sp³-hybridized carbons (Fsp3) is 0.533. The van der Waals surface area contributed by atoms with E-state index in [9.17, 15) is 8.42 Å². The normalized spacial score (nSPS) is 16.2. The highest BCUT2D eigenvalue weighted by Crippen LogP contribution is 2.11. The Bertz CT molecular complexity index is 624. The largest absolute Gasteiger partial charge is 0.497 e. The Kier molecular flexibility index (Phi) is 6.20. The van der Waals surface area contributed by atoms with Crippen LogP contribution in [0.25, 0.3) is 0 Å². The first-order valence-corrected chi connectivity index (χ1v) is 9.76. The van der Waals surface area contributed by atoms with E-state index in [1.165, 1.54) is 16.1 Å². The summed E-state index contributed by atoms with van der Waals surface area (Å²) < 4.78 is 29.6. The Labute approximate surface area is 143 Å². The summed E-state index contributed by atoms with van der Waals surface area (Å²) in [6, 6.07) is 7.96. The summed E-state index contributed by atoms with van der Waals surface area (Å²) in [5.41, 5.74) is 1.21. The topological polar surface area (TPSA) is 61.9 Å². The third-order valence-corrected chi connectivity index (χ3v) is 5.55. The van der Waals surface area contributed by atoms with Crippen molar-refractivity contribution in [2.45, 2.75) is 6.42 Å². The van der Waals surface area contributed by atoms with E-state index in [0.29, 0.717) is 31.3 Å². The molecule has 1 aliphatic rings. The van der Waals surface area contributed by atoms with E-state index in [2.05, 4.69) is 5.32 Å². The molecule has 0 saturated carbocycles. The monoisotopic (exact) mass is 357 g/mol. The third-order valence-electron chi connectivity index (χ3n) is 3.84. The maximum absolute atomic E-state index is 11.5. The van der Waals surface area contributed by atoms with Crippen LogP contribution in [0.3, 0.4) is 0 Å². The van der Waals surface area contributed by atoms with Crippen molar-refractivity contribution in [2.24, 2.45) is 0 Å². The van der Waals surface area contributed by atoms with Gasteiger partial charge in [-0.15, -0.1) is 0 Å². The minimum atomic E-state index is -3.10. The fourth-order valence-electron chi connectivity index (χ4n) is 2.44. The molecule has 0 unspecified atom stereocenters. The molecule has 0 aliphatic carbocycles. The summed E-state index contributed by atoms with van der Waals surface area (Å²) in [5, 5.41) is 3.93. The maximum Gasteiger partial charge on any atom is 0.211 e. The molecule has 1 fully saturated rings. The zero-order chi connectivity index (χ0) is 16.9. The van der Waals surface area contributed by atoms with Gasteiger partial charge in [0.2, 0.25) is 10.0 Å². The van der Waals surface area contributed by atoms with Crippen LogP contribution in [-0.2, 0) is 16.4 Å². The minimum Gasteiger partial charge on any atom is -0.497 e. The number of hydrogen-bond donors (Lipinski definition) is 1. The predicted octanol–water partition coefficient (Wildman–Crippen LogP) is 0.689. The summed E-state index contributed by atoms with van der Waals surface area (Å²) in [4.78, 5) is 2.02. The van der Waals surface area contributed by atoms with Crippen molar-refractivity contribution < 1.29 is 13.2 Å². The molecule has 2 rings (SSSR count). The first kappa shape index (κ1) is 18.0. The van der Waals surface area contributed by atoms with Gasteiger partial charge in [0.1, 0.15) is 5.75 Å². The highest BCUT2D eigenvalue weighted by molar-refractivity contribution is 7.88. The quantitative estimate of drug-likeness (QED) is 0.783. The second kappa shape index (κ2) is 7.94. The van der Waals surface area contributed by atoms with Crippen molar-refractivity contribution >= 4 is 27.4 Å². The smallest absolute Gasteiger partial charge is 0.211 e. The molecule has 1 N–H and O–H groups in total. The number of rotatable bonds is 5. The van der Waals surface area contributed by atoms with E-state index in [4.69, 9.17) is 17.0 Å². The Morgan fingerprint density at radius 3 is 2.35 bits per heavy atom. The summed E-state index contributed by atoms with van der Waals surface area (Å²) in [7, 11) is -1.45. The van der Waals surface area contributed by atoms with Gasteiger partial charge in [0.25, 0.3) is 0 Å². The average molecular weight is 358 g/mol. The standard InChI is InChI=1S/C15H23N3O3S2/c1-21-14-5-3-13(4-6-14)7-8-16-15(22)17-9-11-18(12-10-17)23(2,19)20/h3-6H,7-12H2,1-2H3,(H,16,22). The van der Waals surface area contributed by atoms with Gasteiger partial charge in [-0.25, -0.2) is 8.42 Å². The van der Waals surface area contributed by atoms with Crippen molar-refractivity contribution in [1.29, 1.82) is 0 Å². The number of methoxy groups -OCH3 is 1. The molecule has 0 aromatic heterocycles. The van der Waals surface area contributed by atoms with Gasteiger partial charge in [0, 0.05) is 32.7 Å². The van der Waals surface area contributed by atoms with Crippen molar-refractivity contribution in [3.63, 3.8) is 0 Å². The number of nitrogens with zero attached hydrogens (tertiary/aromatic N) is 2. The van der Waals surface area contributed by atoms with Gasteiger partial charge in [-0.2, -0.15) is 4.31 Å². The average Bonchev–Trinajstić information content (AvgIpc) is 2.54. The number of thiocarbonyl (C=S) groups is 1. The van der Waals surface area contributed by atoms with E-state index in [1.54, 1.807) is 7.11 Å². The molecule has 0 atom stereocenters. The summed E-state index contributed by atoms with van der Waals surface area (Å²) in [6.07, 6.45) is 2.11. The van der Waals surface area contributed by atoms with Crippen LogP contribution in [0.5, 0.6) is 5.75 Å². The van der Waals surface area contributed by atoms with E-state index in [-0.39, 0.29) is 0 Å². The van der Waals surface area contributed by atoms with Crippen molar-refractivity contribution in [2.75, 3.05) is 46.1 Å². The molecule has 1 heterocycles. The van der Waals surface area contributed by atoms with Gasteiger partial charge >= 0.3 is 0 Å². The van der Waals surface area contributed by atoms with Crippen molar-refractivity contribution in [3.05, 3.63) is 29.8 Å². The molecule has 128 valence electrons. The van der Waals surface area contributed by atoms with Crippen LogP contribution in [-0.4, -0.2) is 68.8 Å². The number of hydrogen-bond acceptors (Lipinski definition) is 4. The Morgan fingerprint density at radius 1 is 1.22 bits per heavy atom. The van der Waals surface area contributed by atoms with Gasteiger partial charge in [0.15, 0.2) is 5.11 Å². The van der Waals surface area contributed by atoms with Crippen LogP contribution in [0.1, 0.15) is 5.56 Å². The molecule has 0 radical (unpaired) electrons. The molecule has 6 nitrogen and oxygen atoms in total. The lowest BCUT2D eigenvalue weighted by Crippen LogP contribution is -2.53. The number of sulfonamides is 1. The van der Waals surface area contributed by atoms with Gasteiger partial charge in [-0.1, -0.05) is 12.1 Å². The molecule has 1 aromatic carbocycles. The summed E-state index contributed by atoms with van der Waals surface area (Å²) in [6.45, 7) is 2.97. The zero-order valence-corrected chi connectivity index (χ0v) is 15.1. The molecular formula is C15H23N3O3S2. The van der Waals surface area contributed by atoms with Crippen molar-refractivity contribution in [1.82, 2.24) is 14.5 Å². The van der Waals surface area contributed by atoms with E-state index in [0.717, 1.165) is 18.7 Å². The maximum atomic E-state index is 11.5. The Hall–Kier alpha value is -1.38.